The number of hydrogen-bond acceptors (Lipinski definition) is 4. The molecule has 2 aromatic rings. The Kier molecular flexibility index (Phi) is 5.87. The molecule has 3 heterocycles. The number of rotatable bonds is 4. The molecule has 0 saturated carbocycles. The third-order valence-electron chi connectivity index (χ3n) is 6.36. The Morgan fingerprint density at radius 1 is 0.929 bits per heavy atom. The van der Waals surface area contributed by atoms with Gasteiger partial charge in [0.15, 0.2) is 0 Å². The number of anilines is 1. The minimum atomic E-state index is -0.0916. The Labute approximate surface area is 166 Å². The van der Waals surface area contributed by atoms with Crippen molar-refractivity contribution in [1.29, 1.82) is 5.26 Å². The van der Waals surface area contributed by atoms with Crippen LogP contribution >= 0.6 is 0 Å². The molecule has 4 rings (SSSR count). The highest BCUT2D eigenvalue weighted by molar-refractivity contribution is 5.41. The Balaban J connectivity index is 1.26. The lowest BCUT2D eigenvalue weighted by atomic mass is 9.78. The van der Waals surface area contributed by atoms with E-state index in [9.17, 15) is 4.39 Å². The smallest absolute Gasteiger partial charge is 0.142 e. The zero-order valence-electron chi connectivity index (χ0n) is 16.2. The summed E-state index contributed by atoms with van der Waals surface area (Å²) in [6, 6.07) is 14.9. The van der Waals surface area contributed by atoms with Gasteiger partial charge in [-0.05, 0) is 68.8 Å². The van der Waals surface area contributed by atoms with Crippen molar-refractivity contribution in [3.8, 4) is 6.07 Å². The highest BCUT2D eigenvalue weighted by atomic mass is 19.1. The zero-order valence-corrected chi connectivity index (χ0v) is 16.2. The minimum Gasteiger partial charge on any atom is -0.357 e. The number of nitrogens with zero attached hydrogens (tertiary/aromatic N) is 4. The summed E-state index contributed by atoms with van der Waals surface area (Å²) in [6.07, 6.45) is 4.80. The Bertz CT molecular complexity index is 830. The Morgan fingerprint density at radius 3 is 2.29 bits per heavy atom. The number of aromatic nitrogens is 1. The van der Waals surface area contributed by atoms with Crippen LogP contribution in [0, 0.1) is 29.0 Å². The molecule has 2 aliphatic rings. The van der Waals surface area contributed by atoms with Crippen LogP contribution in [-0.4, -0.2) is 36.1 Å². The van der Waals surface area contributed by atoms with Crippen molar-refractivity contribution in [1.82, 2.24) is 9.88 Å². The maximum Gasteiger partial charge on any atom is 0.142 e. The maximum atomic E-state index is 13.9. The molecule has 28 heavy (non-hydrogen) atoms. The summed E-state index contributed by atoms with van der Waals surface area (Å²) in [4.78, 5) is 9.14. The summed E-state index contributed by atoms with van der Waals surface area (Å²) in [5, 5.41) is 9.05. The third kappa shape index (κ3) is 4.34. The third-order valence-corrected chi connectivity index (χ3v) is 6.36. The van der Waals surface area contributed by atoms with Gasteiger partial charge in [-0.25, -0.2) is 9.37 Å². The van der Waals surface area contributed by atoms with Gasteiger partial charge in [0.05, 0.1) is 0 Å². The minimum absolute atomic E-state index is 0.0916. The average Bonchev–Trinajstić information content (AvgIpc) is 2.76. The van der Waals surface area contributed by atoms with Gasteiger partial charge in [0.25, 0.3) is 0 Å². The molecule has 0 radical (unpaired) electrons. The van der Waals surface area contributed by atoms with Gasteiger partial charge in [0, 0.05) is 25.2 Å². The van der Waals surface area contributed by atoms with Crippen molar-refractivity contribution >= 4 is 5.82 Å². The van der Waals surface area contributed by atoms with Gasteiger partial charge in [-0.15, -0.1) is 0 Å². The molecule has 146 valence electrons. The second kappa shape index (κ2) is 8.70. The van der Waals surface area contributed by atoms with Gasteiger partial charge in [-0.2, -0.15) is 5.26 Å². The van der Waals surface area contributed by atoms with E-state index in [4.69, 9.17) is 5.26 Å². The van der Waals surface area contributed by atoms with Crippen LogP contribution in [0.3, 0.4) is 0 Å². The van der Waals surface area contributed by atoms with E-state index in [1.165, 1.54) is 25.7 Å². The van der Waals surface area contributed by atoms with Crippen LogP contribution in [0.2, 0.25) is 0 Å². The lowest BCUT2D eigenvalue weighted by Crippen LogP contribution is -2.41. The first-order valence-electron chi connectivity index (χ1n) is 10.3. The highest BCUT2D eigenvalue weighted by Crippen LogP contribution is 2.34. The molecule has 0 N–H and O–H groups in total. The van der Waals surface area contributed by atoms with Crippen molar-refractivity contribution < 1.29 is 4.39 Å². The number of hydrogen-bond donors (Lipinski definition) is 0. The molecular formula is C23H27FN4. The second-order valence-corrected chi connectivity index (χ2v) is 8.02. The fourth-order valence-electron chi connectivity index (χ4n) is 4.71. The molecule has 2 fully saturated rings. The van der Waals surface area contributed by atoms with E-state index in [0.29, 0.717) is 5.69 Å². The van der Waals surface area contributed by atoms with Crippen LogP contribution < -0.4 is 4.90 Å². The second-order valence-electron chi connectivity index (χ2n) is 8.02. The Hall–Kier alpha value is -2.45. The fraction of sp³-hybridized carbons (Fsp3) is 0.478. The first-order valence-corrected chi connectivity index (χ1v) is 10.3. The first-order chi connectivity index (χ1) is 13.7. The predicted molar refractivity (Wildman–Crippen MR) is 108 cm³/mol. The molecule has 0 bridgehead atoms. The molecule has 1 aromatic heterocycles. The van der Waals surface area contributed by atoms with Crippen LogP contribution in [0.1, 0.15) is 36.9 Å². The number of pyridine rings is 1. The predicted octanol–water partition coefficient (Wildman–Crippen LogP) is 4.22. The highest BCUT2D eigenvalue weighted by Gasteiger charge is 2.30. The fourth-order valence-corrected chi connectivity index (χ4v) is 4.71. The largest absolute Gasteiger partial charge is 0.357 e. The topological polar surface area (TPSA) is 43.2 Å². The van der Waals surface area contributed by atoms with Crippen molar-refractivity contribution in [3.05, 3.63) is 59.5 Å². The number of benzene rings is 1. The summed E-state index contributed by atoms with van der Waals surface area (Å²) in [6.45, 7) is 4.87. The van der Waals surface area contributed by atoms with Gasteiger partial charge >= 0.3 is 0 Å². The van der Waals surface area contributed by atoms with E-state index in [-0.39, 0.29) is 5.82 Å². The molecule has 2 aliphatic heterocycles. The number of halogens is 1. The van der Waals surface area contributed by atoms with Gasteiger partial charge in [-0.3, -0.25) is 4.90 Å². The van der Waals surface area contributed by atoms with Crippen LogP contribution in [0.25, 0.3) is 0 Å². The SMILES string of the molecule is N#Cc1cccc(N2CCC(C3CCN(Cc4ccccc4F)CC3)CC2)n1. The number of piperidine rings is 2. The molecule has 0 aliphatic carbocycles. The van der Waals surface area contributed by atoms with Gasteiger partial charge in [-0.1, -0.05) is 24.3 Å². The molecule has 5 heteroatoms. The van der Waals surface area contributed by atoms with Crippen LogP contribution in [0.4, 0.5) is 10.2 Å². The van der Waals surface area contributed by atoms with Gasteiger partial charge in [0.1, 0.15) is 23.4 Å². The summed E-state index contributed by atoms with van der Waals surface area (Å²) < 4.78 is 13.9. The first kappa shape index (κ1) is 18.9. The summed E-state index contributed by atoms with van der Waals surface area (Å²) in [5.41, 5.74) is 1.29. The van der Waals surface area contributed by atoms with Crippen LogP contribution in [0.15, 0.2) is 42.5 Å². The molecule has 0 spiro atoms. The van der Waals surface area contributed by atoms with Gasteiger partial charge < -0.3 is 4.90 Å². The monoisotopic (exact) mass is 378 g/mol. The normalized spacial score (nSPS) is 19.5. The summed E-state index contributed by atoms with van der Waals surface area (Å²) >= 11 is 0. The van der Waals surface area contributed by atoms with E-state index in [0.717, 1.165) is 55.9 Å². The zero-order chi connectivity index (χ0) is 19.3. The van der Waals surface area contributed by atoms with E-state index >= 15 is 0 Å². The standard InChI is InChI=1S/C23H27FN4/c24-22-6-2-1-4-20(22)17-27-12-8-18(9-13-27)19-10-14-28(15-11-19)23-7-3-5-21(16-25)26-23/h1-7,18-19H,8-15,17H2. The molecule has 2 saturated heterocycles. The Morgan fingerprint density at radius 2 is 1.61 bits per heavy atom. The van der Waals surface area contributed by atoms with Crippen molar-refractivity contribution in [2.24, 2.45) is 11.8 Å². The maximum absolute atomic E-state index is 13.9. The number of likely N-dealkylation sites (tertiary alicyclic amines) is 1. The van der Waals surface area contributed by atoms with E-state index < -0.39 is 0 Å². The van der Waals surface area contributed by atoms with E-state index in [2.05, 4.69) is 20.9 Å². The van der Waals surface area contributed by atoms with Crippen LogP contribution in [0.5, 0.6) is 0 Å². The van der Waals surface area contributed by atoms with E-state index in [1.807, 2.05) is 24.3 Å². The molecule has 4 nitrogen and oxygen atoms in total. The molecule has 0 unspecified atom stereocenters. The summed E-state index contributed by atoms with van der Waals surface area (Å²) in [7, 11) is 0. The lowest BCUT2D eigenvalue weighted by Gasteiger charge is -2.40. The average molecular weight is 378 g/mol. The quantitative estimate of drug-likeness (QED) is 0.799. The lowest BCUT2D eigenvalue weighted by molar-refractivity contribution is 0.128. The summed E-state index contributed by atoms with van der Waals surface area (Å²) in [5.74, 6) is 2.38. The van der Waals surface area contributed by atoms with Crippen LogP contribution in [-0.2, 0) is 6.54 Å². The van der Waals surface area contributed by atoms with Crippen molar-refractivity contribution in [2.45, 2.75) is 32.2 Å². The molecule has 1 aromatic carbocycles. The van der Waals surface area contributed by atoms with Crippen molar-refractivity contribution in [3.63, 3.8) is 0 Å². The van der Waals surface area contributed by atoms with E-state index in [1.54, 1.807) is 18.2 Å². The van der Waals surface area contributed by atoms with Crippen molar-refractivity contribution in [2.75, 3.05) is 31.1 Å². The molecule has 0 amide bonds. The molecular weight excluding hydrogens is 351 g/mol. The number of nitriles is 1. The molecule has 0 atom stereocenters. The van der Waals surface area contributed by atoms with Gasteiger partial charge in [0.2, 0.25) is 0 Å².